The van der Waals surface area contributed by atoms with Crippen molar-refractivity contribution in [1.82, 2.24) is 10.2 Å². The van der Waals surface area contributed by atoms with Crippen molar-refractivity contribution in [3.63, 3.8) is 0 Å². The minimum absolute atomic E-state index is 0.0770. The van der Waals surface area contributed by atoms with Gasteiger partial charge in [-0.2, -0.15) is 0 Å². The molecule has 1 aliphatic heterocycles. The third kappa shape index (κ3) is 2.89. The van der Waals surface area contributed by atoms with Crippen molar-refractivity contribution in [2.45, 2.75) is 19.9 Å². The number of amides is 1. The molecule has 2 rings (SSSR count). The maximum atomic E-state index is 12.4. The Bertz CT molecular complexity index is 444. The number of methoxy groups -OCH3 is 1. The normalized spacial score (nSPS) is 16.6. The highest BCUT2D eigenvalue weighted by Gasteiger charge is 2.31. The van der Waals surface area contributed by atoms with Crippen molar-refractivity contribution in [2.75, 3.05) is 26.7 Å². The average Bonchev–Trinajstić information content (AvgIpc) is 2.37. The van der Waals surface area contributed by atoms with Gasteiger partial charge in [0.1, 0.15) is 5.75 Å². The van der Waals surface area contributed by atoms with Crippen molar-refractivity contribution in [3.8, 4) is 5.75 Å². The molecule has 1 aliphatic rings. The van der Waals surface area contributed by atoms with E-state index < -0.39 is 0 Å². The van der Waals surface area contributed by atoms with E-state index in [-0.39, 0.29) is 17.9 Å². The fraction of sp³-hybridized carbons (Fsp3) is 0.533. The van der Waals surface area contributed by atoms with Crippen LogP contribution in [0, 0.1) is 5.92 Å². The zero-order valence-corrected chi connectivity index (χ0v) is 11.8. The Kier molecular flexibility index (Phi) is 4.43. The quantitative estimate of drug-likeness (QED) is 0.880. The van der Waals surface area contributed by atoms with E-state index in [1.807, 2.05) is 36.1 Å². The zero-order chi connectivity index (χ0) is 13.8. The molecule has 0 radical (unpaired) electrons. The molecule has 0 spiro atoms. The van der Waals surface area contributed by atoms with Gasteiger partial charge < -0.3 is 15.0 Å². The van der Waals surface area contributed by atoms with Crippen LogP contribution < -0.4 is 10.1 Å². The summed E-state index contributed by atoms with van der Waals surface area (Å²) in [6, 6.07) is 8.01. The highest BCUT2D eigenvalue weighted by molar-refractivity contribution is 5.80. The first-order valence-electron chi connectivity index (χ1n) is 6.82. The van der Waals surface area contributed by atoms with Crippen LogP contribution in [-0.2, 0) is 4.79 Å². The number of nitrogens with zero attached hydrogens (tertiary/aromatic N) is 1. The number of rotatable bonds is 5. The van der Waals surface area contributed by atoms with Crippen LogP contribution in [0.25, 0.3) is 0 Å². The average molecular weight is 262 g/mol. The molecule has 0 saturated carbocycles. The van der Waals surface area contributed by atoms with Crippen molar-refractivity contribution in [1.29, 1.82) is 0 Å². The number of ether oxygens (including phenoxy) is 1. The maximum Gasteiger partial charge on any atom is 0.228 e. The summed E-state index contributed by atoms with van der Waals surface area (Å²) in [4.78, 5) is 14.3. The van der Waals surface area contributed by atoms with Crippen LogP contribution in [0.5, 0.6) is 5.75 Å². The predicted molar refractivity (Wildman–Crippen MR) is 75.2 cm³/mol. The van der Waals surface area contributed by atoms with Gasteiger partial charge in [0.25, 0.3) is 0 Å². The van der Waals surface area contributed by atoms with Crippen LogP contribution >= 0.6 is 0 Å². The SMILES string of the molecule is CCN(C(=O)C1CNC1)C(C)c1cccc(OC)c1. The molecule has 1 fully saturated rings. The summed E-state index contributed by atoms with van der Waals surface area (Å²) in [6.07, 6.45) is 0. The van der Waals surface area contributed by atoms with E-state index in [0.717, 1.165) is 30.9 Å². The lowest BCUT2D eigenvalue weighted by atomic mass is 9.99. The molecule has 4 heteroatoms. The summed E-state index contributed by atoms with van der Waals surface area (Å²) in [5, 5.41) is 3.15. The summed E-state index contributed by atoms with van der Waals surface area (Å²) in [5.74, 6) is 1.22. The van der Waals surface area contributed by atoms with Crippen LogP contribution in [0.3, 0.4) is 0 Å². The predicted octanol–water partition coefficient (Wildman–Crippen LogP) is 1.82. The number of carbonyl (C=O) groups excluding carboxylic acids is 1. The van der Waals surface area contributed by atoms with Crippen LogP contribution in [0.4, 0.5) is 0 Å². The van der Waals surface area contributed by atoms with Crippen molar-refractivity contribution in [2.24, 2.45) is 5.92 Å². The van der Waals surface area contributed by atoms with Crippen LogP contribution in [-0.4, -0.2) is 37.6 Å². The van der Waals surface area contributed by atoms with Gasteiger partial charge >= 0.3 is 0 Å². The van der Waals surface area contributed by atoms with E-state index in [2.05, 4.69) is 12.2 Å². The standard InChI is InChI=1S/C15H22N2O2/c1-4-17(15(18)13-9-16-10-13)11(2)12-6-5-7-14(8-12)19-3/h5-8,11,13,16H,4,9-10H2,1-3H3. The number of hydrogen-bond acceptors (Lipinski definition) is 3. The zero-order valence-electron chi connectivity index (χ0n) is 11.8. The van der Waals surface area contributed by atoms with Crippen LogP contribution in [0.1, 0.15) is 25.5 Å². The second-order valence-electron chi connectivity index (χ2n) is 4.93. The molecule has 1 saturated heterocycles. The van der Waals surface area contributed by atoms with Crippen molar-refractivity contribution < 1.29 is 9.53 Å². The van der Waals surface area contributed by atoms with Gasteiger partial charge in [-0.1, -0.05) is 12.1 Å². The minimum Gasteiger partial charge on any atom is -0.497 e. The summed E-state index contributed by atoms with van der Waals surface area (Å²) < 4.78 is 5.25. The Morgan fingerprint density at radius 3 is 2.79 bits per heavy atom. The highest BCUT2D eigenvalue weighted by atomic mass is 16.5. The van der Waals surface area contributed by atoms with E-state index in [9.17, 15) is 4.79 Å². The molecule has 1 aromatic rings. The minimum atomic E-state index is 0.0770. The molecule has 1 heterocycles. The highest BCUT2D eigenvalue weighted by Crippen LogP contribution is 2.25. The first-order chi connectivity index (χ1) is 9.17. The molecule has 1 amide bonds. The molecule has 1 aromatic carbocycles. The second kappa shape index (κ2) is 6.06. The fourth-order valence-corrected chi connectivity index (χ4v) is 2.40. The van der Waals surface area contributed by atoms with E-state index in [1.54, 1.807) is 7.11 Å². The van der Waals surface area contributed by atoms with Crippen LogP contribution in [0.2, 0.25) is 0 Å². The van der Waals surface area contributed by atoms with Crippen molar-refractivity contribution >= 4 is 5.91 Å². The molecule has 104 valence electrons. The van der Waals surface area contributed by atoms with E-state index >= 15 is 0 Å². The fourth-order valence-electron chi connectivity index (χ4n) is 2.40. The Morgan fingerprint density at radius 2 is 2.26 bits per heavy atom. The lowest BCUT2D eigenvalue weighted by Gasteiger charge is -2.35. The molecule has 0 aromatic heterocycles. The van der Waals surface area contributed by atoms with E-state index in [4.69, 9.17) is 4.74 Å². The van der Waals surface area contributed by atoms with Gasteiger partial charge in [-0.05, 0) is 31.5 Å². The number of carbonyl (C=O) groups is 1. The molecule has 4 nitrogen and oxygen atoms in total. The molecular formula is C15H22N2O2. The van der Waals surface area contributed by atoms with Gasteiger partial charge in [-0.25, -0.2) is 0 Å². The Hall–Kier alpha value is -1.55. The third-order valence-corrected chi connectivity index (χ3v) is 3.80. The van der Waals surface area contributed by atoms with Gasteiger partial charge in [0, 0.05) is 19.6 Å². The Labute approximate surface area is 114 Å². The first kappa shape index (κ1) is 13.9. The summed E-state index contributed by atoms with van der Waals surface area (Å²) >= 11 is 0. The lowest BCUT2D eigenvalue weighted by molar-refractivity contribution is -0.139. The monoisotopic (exact) mass is 262 g/mol. The van der Waals surface area contributed by atoms with Crippen LogP contribution in [0.15, 0.2) is 24.3 Å². The molecule has 1 atom stereocenters. The molecular weight excluding hydrogens is 240 g/mol. The summed E-state index contributed by atoms with van der Waals surface area (Å²) in [5.41, 5.74) is 1.11. The summed E-state index contributed by atoms with van der Waals surface area (Å²) in [6.45, 7) is 6.44. The molecule has 19 heavy (non-hydrogen) atoms. The van der Waals surface area contributed by atoms with Gasteiger partial charge in [0.2, 0.25) is 5.91 Å². The second-order valence-corrected chi connectivity index (χ2v) is 4.93. The topological polar surface area (TPSA) is 41.6 Å². The number of hydrogen-bond donors (Lipinski definition) is 1. The Morgan fingerprint density at radius 1 is 1.53 bits per heavy atom. The van der Waals surface area contributed by atoms with Gasteiger partial charge in [-0.3, -0.25) is 4.79 Å². The van der Waals surface area contributed by atoms with E-state index in [0.29, 0.717) is 0 Å². The molecule has 1 unspecified atom stereocenters. The summed E-state index contributed by atoms with van der Waals surface area (Å²) in [7, 11) is 1.66. The number of nitrogens with one attached hydrogen (secondary N) is 1. The molecule has 1 N–H and O–H groups in total. The molecule has 0 bridgehead atoms. The smallest absolute Gasteiger partial charge is 0.228 e. The van der Waals surface area contributed by atoms with Crippen molar-refractivity contribution in [3.05, 3.63) is 29.8 Å². The first-order valence-corrected chi connectivity index (χ1v) is 6.82. The third-order valence-electron chi connectivity index (χ3n) is 3.80. The largest absolute Gasteiger partial charge is 0.497 e. The Balaban J connectivity index is 2.14. The van der Waals surface area contributed by atoms with Gasteiger partial charge in [0.05, 0.1) is 19.1 Å². The molecule has 0 aliphatic carbocycles. The maximum absolute atomic E-state index is 12.4. The van der Waals surface area contributed by atoms with E-state index in [1.165, 1.54) is 0 Å². The number of benzene rings is 1. The van der Waals surface area contributed by atoms with Gasteiger partial charge in [-0.15, -0.1) is 0 Å². The van der Waals surface area contributed by atoms with Gasteiger partial charge in [0.15, 0.2) is 0 Å². The lowest BCUT2D eigenvalue weighted by Crippen LogP contribution is -2.52.